The highest BCUT2D eigenvalue weighted by Gasteiger charge is 2.19. The molecule has 0 saturated heterocycles. The summed E-state index contributed by atoms with van der Waals surface area (Å²) >= 11 is 0. The van der Waals surface area contributed by atoms with Crippen molar-refractivity contribution in [1.82, 2.24) is 0 Å². The standard InChI is InChI=1S/C53H86O6/c1-4-7-10-13-16-18-20-21-22-23-24-25-26-27-28-29-30-31-33-34-37-40-43-46-52(55)58-49-50(48-57-51(54)45-42-39-36-15-12-9-6-3)59-53(56)47-44-41-38-35-32-19-17-14-11-8-5-2/h7,10,14,16-18,21-22,24-25,27-28,30-31,34,37,50H,4-6,8-9,11-13,15,19-20,23,26,29,32-33,35-36,38-49H2,1-3H3/b10-7-,17-14-,18-16-,22-21-,25-24-,28-27-,31-30-,37-34-. The van der Waals surface area contributed by atoms with Crippen molar-refractivity contribution in [2.75, 3.05) is 13.2 Å². The lowest BCUT2D eigenvalue weighted by Crippen LogP contribution is -2.30. The molecule has 0 heterocycles. The van der Waals surface area contributed by atoms with Crippen LogP contribution in [0.2, 0.25) is 0 Å². The van der Waals surface area contributed by atoms with E-state index in [1.807, 2.05) is 0 Å². The van der Waals surface area contributed by atoms with E-state index in [0.717, 1.165) is 103 Å². The van der Waals surface area contributed by atoms with Crippen LogP contribution in [0.5, 0.6) is 0 Å². The topological polar surface area (TPSA) is 78.9 Å². The molecule has 0 aliphatic heterocycles. The minimum atomic E-state index is -0.801. The predicted octanol–water partition coefficient (Wildman–Crippen LogP) is 15.4. The molecule has 0 fully saturated rings. The van der Waals surface area contributed by atoms with Crippen molar-refractivity contribution in [3.05, 3.63) is 97.2 Å². The van der Waals surface area contributed by atoms with E-state index in [1.165, 1.54) is 51.4 Å². The third-order valence-electron chi connectivity index (χ3n) is 9.57. The number of hydrogen-bond donors (Lipinski definition) is 0. The first-order chi connectivity index (χ1) is 29.0. The highest BCUT2D eigenvalue weighted by Crippen LogP contribution is 2.12. The van der Waals surface area contributed by atoms with E-state index >= 15 is 0 Å². The largest absolute Gasteiger partial charge is 0.462 e. The number of hydrogen-bond acceptors (Lipinski definition) is 6. The van der Waals surface area contributed by atoms with Gasteiger partial charge in [0.2, 0.25) is 0 Å². The van der Waals surface area contributed by atoms with Crippen LogP contribution >= 0.6 is 0 Å². The van der Waals surface area contributed by atoms with Gasteiger partial charge in [-0.25, -0.2) is 0 Å². The second-order valence-corrected chi connectivity index (χ2v) is 15.3. The molecule has 0 saturated carbocycles. The van der Waals surface area contributed by atoms with E-state index in [9.17, 15) is 14.4 Å². The third kappa shape index (κ3) is 45.3. The fraction of sp³-hybridized carbons (Fsp3) is 0.642. The molecule has 0 N–H and O–H groups in total. The van der Waals surface area contributed by atoms with Crippen LogP contribution in [0, 0.1) is 0 Å². The lowest BCUT2D eigenvalue weighted by atomic mass is 10.1. The van der Waals surface area contributed by atoms with Gasteiger partial charge in [-0.05, 0) is 89.9 Å². The smallest absolute Gasteiger partial charge is 0.306 e. The van der Waals surface area contributed by atoms with Gasteiger partial charge < -0.3 is 14.2 Å². The summed E-state index contributed by atoms with van der Waals surface area (Å²) in [6.07, 6.45) is 61.3. The molecule has 0 radical (unpaired) electrons. The lowest BCUT2D eigenvalue weighted by molar-refractivity contribution is -0.167. The third-order valence-corrected chi connectivity index (χ3v) is 9.57. The summed E-state index contributed by atoms with van der Waals surface area (Å²) in [6, 6.07) is 0. The van der Waals surface area contributed by atoms with Crippen molar-refractivity contribution < 1.29 is 28.6 Å². The van der Waals surface area contributed by atoms with Crippen LogP contribution in [0.3, 0.4) is 0 Å². The van der Waals surface area contributed by atoms with Gasteiger partial charge in [0.15, 0.2) is 6.10 Å². The van der Waals surface area contributed by atoms with Crippen molar-refractivity contribution in [1.29, 1.82) is 0 Å². The van der Waals surface area contributed by atoms with Crippen molar-refractivity contribution in [3.8, 4) is 0 Å². The minimum absolute atomic E-state index is 0.0997. The molecule has 1 atom stereocenters. The number of esters is 3. The molecule has 6 nitrogen and oxygen atoms in total. The Hall–Kier alpha value is -3.67. The molecule has 0 amide bonds. The summed E-state index contributed by atoms with van der Waals surface area (Å²) in [5, 5.41) is 0. The molecule has 1 unspecified atom stereocenters. The highest BCUT2D eigenvalue weighted by molar-refractivity contribution is 5.71. The molecule has 334 valence electrons. The second kappa shape index (κ2) is 47.0. The molecule has 0 aromatic rings. The van der Waals surface area contributed by atoms with Crippen LogP contribution in [0.25, 0.3) is 0 Å². The van der Waals surface area contributed by atoms with E-state index in [0.29, 0.717) is 19.3 Å². The summed E-state index contributed by atoms with van der Waals surface area (Å²) in [6.45, 7) is 6.36. The number of allylic oxidation sites excluding steroid dienone is 16. The van der Waals surface area contributed by atoms with E-state index < -0.39 is 6.10 Å². The maximum atomic E-state index is 12.7. The molecule has 0 rings (SSSR count). The molecule has 59 heavy (non-hydrogen) atoms. The molecule has 0 spiro atoms. The van der Waals surface area contributed by atoms with E-state index in [2.05, 4.69) is 118 Å². The molecule has 0 bridgehead atoms. The normalized spacial score (nSPS) is 12.9. The van der Waals surface area contributed by atoms with Crippen LogP contribution in [-0.2, 0) is 28.6 Å². The number of ether oxygens (including phenoxy) is 3. The zero-order valence-corrected chi connectivity index (χ0v) is 38.0. The maximum absolute atomic E-state index is 12.7. The van der Waals surface area contributed by atoms with Gasteiger partial charge in [0.05, 0.1) is 0 Å². The fourth-order valence-electron chi connectivity index (χ4n) is 6.00. The van der Waals surface area contributed by atoms with Gasteiger partial charge in [-0.1, -0.05) is 189 Å². The monoisotopic (exact) mass is 819 g/mol. The zero-order chi connectivity index (χ0) is 43.0. The Balaban J connectivity index is 4.37. The highest BCUT2D eigenvalue weighted by atomic mass is 16.6. The Morgan fingerprint density at radius 3 is 1.17 bits per heavy atom. The first-order valence-electron chi connectivity index (χ1n) is 23.7. The average Bonchev–Trinajstić information content (AvgIpc) is 3.23. The SMILES string of the molecule is CC/C=C\C/C=C\C/C=C\C/C=C\C/C=C\C/C=C\C/C=C\CCCC(=O)OCC(COC(=O)CCCCCCCCC)OC(=O)CCCCCCC/C=C\CCCC. The first-order valence-corrected chi connectivity index (χ1v) is 23.7. The number of carbonyl (C=O) groups is 3. The minimum Gasteiger partial charge on any atom is -0.462 e. The van der Waals surface area contributed by atoms with E-state index in [4.69, 9.17) is 14.2 Å². The number of rotatable bonds is 41. The Morgan fingerprint density at radius 2 is 0.695 bits per heavy atom. The summed E-state index contributed by atoms with van der Waals surface area (Å²) in [4.78, 5) is 37.6. The molecular weight excluding hydrogens is 733 g/mol. The summed E-state index contributed by atoms with van der Waals surface area (Å²) in [5.41, 5.74) is 0. The van der Waals surface area contributed by atoms with Crippen LogP contribution in [0.1, 0.15) is 201 Å². The van der Waals surface area contributed by atoms with Crippen molar-refractivity contribution >= 4 is 17.9 Å². The summed E-state index contributed by atoms with van der Waals surface area (Å²) in [7, 11) is 0. The van der Waals surface area contributed by atoms with Gasteiger partial charge in [0.1, 0.15) is 13.2 Å². The maximum Gasteiger partial charge on any atom is 0.306 e. The summed E-state index contributed by atoms with van der Waals surface area (Å²) < 4.78 is 16.6. The molecule has 0 aromatic carbocycles. The number of carbonyl (C=O) groups excluding carboxylic acids is 3. The van der Waals surface area contributed by atoms with Gasteiger partial charge in [-0.2, -0.15) is 0 Å². The Kier molecular flexibility index (Phi) is 44.1. The first kappa shape index (κ1) is 55.3. The van der Waals surface area contributed by atoms with Gasteiger partial charge >= 0.3 is 17.9 Å². The van der Waals surface area contributed by atoms with Crippen LogP contribution in [0.4, 0.5) is 0 Å². The average molecular weight is 819 g/mol. The van der Waals surface area contributed by atoms with E-state index in [1.54, 1.807) is 0 Å². The van der Waals surface area contributed by atoms with Crippen molar-refractivity contribution in [2.45, 2.75) is 207 Å². The Morgan fingerprint density at radius 1 is 0.356 bits per heavy atom. The quantitative estimate of drug-likeness (QED) is 0.0265. The number of unbranched alkanes of at least 4 members (excludes halogenated alkanes) is 14. The van der Waals surface area contributed by atoms with Crippen molar-refractivity contribution in [2.24, 2.45) is 0 Å². The molecule has 6 heteroatoms. The van der Waals surface area contributed by atoms with Gasteiger partial charge in [-0.15, -0.1) is 0 Å². The van der Waals surface area contributed by atoms with Gasteiger partial charge in [0, 0.05) is 19.3 Å². The van der Waals surface area contributed by atoms with Gasteiger partial charge in [-0.3, -0.25) is 14.4 Å². The van der Waals surface area contributed by atoms with E-state index in [-0.39, 0.29) is 37.5 Å². The molecule has 0 aliphatic rings. The molecular formula is C53H86O6. The Bertz CT molecular complexity index is 1220. The van der Waals surface area contributed by atoms with Gasteiger partial charge in [0.25, 0.3) is 0 Å². The second-order valence-electron chi connectivity index (χ2n) is 15.3. The zero-order valence-electron chi connectivity index (χ0n) is 38.0. The predicted molar refractivity (Wildman–Crippen MR) is 251 cm³/mol. The molecule has 0 aromatic heterocycles. The van der Waals surface area contributed by atoms with Crippen LogP contribution < -0.4 is 0 Å². The van der Waals surface area contributed by atoms with Crippen LogP contribution in [-0.4, -0.2) is 37.2 Å². The Labute approximate surface area is 362 Å². The van der Waals surface area contributed by atoms with Crippen molar-refractivity contribution in [3.63, 3.8) is 0 Å². The summed E-state index contributed by atoms with van der Waals surface area (Å²) in [5.74, 6) is -0.988. The molecule has 0 aliphatic carbocycles. The lowest BCUT2D eigenvalue weighted by Gasteiger charge is -2.18. The fourth-order valence-corrected chi connectivity index (χ4v) is 6.00. The van der Waals surface area contributed by atoms with Crippen LogP contribution in [0.15, 0.2) is 97.2 Å².